The lowest BCUT2D eigenvalue weighted by Gasteiger charge is -2.10. The standard InChI is InChI=1S/C25H23FN4O3/c1-15-17(6-9-23(27)30-15)4-7-19-16(2)28-12-10-20(19)18-5-8-21(22(26)14-18)25(32)29-13-11-24(31)33-3/h5-6,8-10,12,14H,11,13H2,1-3H3,(H2,27,30)(H,29,32). The van der Waals surface area contributed by atoms with Crippen molar-refractivity contribution in [2.75, 3.05) is 19.4 Å². The summed E-state index contributed by atoms with van der Waals surface area (Å²) in [5, 5.41) is 2.51. The molecule has 7 nitrogen and oxygen atoms in total. The second kappa shape index (κ2) is 10.4. The van der Waals surface area contributed by atoms with Crippen molar-refractivity contribution in [1.29, 1.82) is 0 Å². The first-order chi connectivity index (χ1) is 15.8. The minimum atomic E-state index is -0.685. The van der Waals surface area contributed by atoms with Gasteiger partial charge in [0.2, 0.25) is 0 Å². The highest BCUT2D eigenvalue weighted by atomic mass is 19.1. The highest BCUT2D eigenvalue weighted by molar-refractivity contribution is 5.95. The van der Waals surface area contributed by atoms with E-state index in [1.54, 1.807) is 30.5 Å². The molecule has 3 rings (SSSR count). The zero-order chi connectivity index (χ0) is 24.0. The molecule has 168 valence electrons. The van der Waals surface area contributed by atoms with Crippen LogP contribution >= 0.6 is 0 Å². The number of hydrogen-bond acceptors (Lipinski definition) is 6. The molecule has 0 saturated carbocycles. The summed E-state index contributed by atoms with van der Waals surface area (Å²) in [6, 6.07) is 9.55. The van der Waals surface area contributed by atoms with E-state index >= 15 is 0 Å². The predicted octanol–water partition coefficient (Wildman–Crippen LogP) is 3.17. The Morgan fingerprint density at radius 3 is 2.61 bits per heavy atom. The van der Waals surface area contributed by atoms with Crippen molar-refractivity contribution in [3.05, 3.63) is 76.5 Å². The molecule has 0 aliphatic rings. The fourth-order valence-electron chi connectivity index (χ4n) is 3.15. The molecule has 0 saturated heterocycles. The summed E-state index contributed by atoms with van der Waals surface area (Å²) in [5.41, 5.74) is 9.58. The minimum Gasteiger partial charge on any atom is -0.469 e. The number of amides is 1. The maximum Gasteiger partial charge on any atom is 0.307 e. The Labute approximate surface area is 191 Å². The number of benzene rings is 1. The van der Waals surface area contributed by atoms with E-state index in [2.05, 4.69) is 31.9 Å². The second-order valence-corrected chi connectivity index (χ2v) is 7.21. The molecule has 0 radical (unpaired) electrons. The molecule has 0 aliphatic carbocycles. The van der Waals surface area contributed by atoms with E-state index in [1.807, 2.05) is 13.8 Å². The first-order valence-corrected chi connectivity index (χ1v) is 10.2. The quantitative estimate of drug-likeness (QED) is 0.461. The number of nitrogens with two attached hydrogens (primary N) is 1. The molecular weight excluding hydrogens is 423 g/mol. The molecule has 0 unspecified atom stereocenters. The number of carbonyl (C=O) groups excluding carboxylic acids is 2. The lowest BCUT2D eigenvalue weighted by molar-refractivity contribution is -0.140. The number of anilines is 1. The number of nitrogen functional groups attached to an aromatic ring is 1. The van der Waals surface area contributed by atoms with E-state index < -0.39 is 17.7 Å². The summed E-state index contributed by atoms with van der Waals surface area (Å²) in [6.07, 6.45) is 1.63. The van der Waals surface area contributed by atoms with E-state index in [0.29, 0.717) is 33.9 Å². The summed E-state index contributed by atoms with van der Waals surface area (Å²) in [5.74, 6) is 4.86. The summed E-state index contributed by atoms with van der Waals surface area (Å²) in [6.45, 7) is 3.69. The average molecular weight is 446 g/mol. The van der Waals surface area contributed by atoms with Gasteiger partial charge in [0.15, 0.2) is 0 Å². The molecule has 0 bridgehead atoms. The van der Waals surface area contributed by atoms with Crippen LogP contribution in [0.4, 0.5) is 10.2 Å². The molecule has 33 heavy (non-hydrogen) atoms. The van der Waals surface area contributed by atoms with Crippen LogP contribution in [0.15, 0.2) is 42.6 Å². The number of rotatable bonds is 5. The number of pyridine rings is 2. The molecule has 3 N–H and O–H groups in total. The van der Waals surface area contributed by atoms with Crippen molar-refractivity contribution in [3.8, 4) is 23.0 Å². The summed E-state index contributed by atoms with van der Waals surface area (Å²) in [4.78, 5) is 31.9. The van der Waals surface area contributed by atoms with Crippen molar-refractivity contribution in [2.24, 2.45) is 0 Å². The van der Waals surface area contributed by atoms with Crippen molar-refractivity contribution in [3.63, 3.8) is 0 Å². The topological polar surface area (TPSA) is 107 Å². The maximum absolute atomic E-state index is 14.8. The lowest BCUT2D eigenvalue weighted by Crippen LogP contribution is -2.27. The van der Waals surface area contributed by atoms with Crippen LogP contribution in [0.25, 0.3) is 11.1 Å². The number of nitrogens with zero attached hydrogens (tertiary/aromatic N) is 2. The third kappa shape index (κ3) is 5.71. The van der Waals surface area contributed by atoms with Gasteiger partial charge in [0.25, 0.3) is 5.91 Å². The summed E-state index contributed by atoms with van der Waals surface area (Å²) >= 11 is 0. The first kappa shape index (κ1) is 23.4. The molecule has 1 amide bonds. The Bertz CT molecular complexity index is 1280. The molecule has 1 aromatic carbocycles. The zero-order valence-corrected chi connectivity index (χ0v) is 18.5. The fraction of sp³-hybridized carbons (Fsp3) is 0.200. The Kier molecular flexibility index (Phi) is 7.36. The van der Waals surface area contributed by atoms with Crippen LogP contribution in [-0.4, -0.2) is 35.5 Å². The molecule has 2 aromatic heterocycles. The largest absolute Gasteiger partial charge is 0.469 e. The summed E-state index contributed by atoms with van der Waals surface area (Å²) in [7, 11) is 1.26. The number of ether oxygens (including phenoxy) is 1. The smallest absolute Gasteiger partial charge is 0.307 e. The Morgan fingerprint density at radius 1 is 1.12 bits per heavy atom. The van der Waals surface area contributed by atoms with Crippen molar-refractivity contribution >= 4 is 17.7 Å². The number of hydrogen-bond donors (Lipinski definition) is 2. The monoisotopic (exact) mass is 446 g/mol. The van der Waals surface area contributed by atoms with Gasteiger partial charge in [-0.2, -0.15) is 0 Å². The van der Waals surface area contributed by atoms with E-state index in [1.165, 1.54) is 19.2 Å². The number of esters is 1. The van der Waals surface area contributed by atoms with E-state index in [0.717, 1.165) is 5.56 Å². The van der Waals surface area contributed by atoms with Crippen LogP contribution in [0, 0.1) is 31.5 Å². The molecule has 0 spiro atoms. The van der Waals surface area contributed by atoms with Gasteiger partial charge in [-0.1, -0.05) is 17.9 Å². The number of aromatic nitrogens is 2. The van der Waals surface area contributed by atoms with Crippen molar-refractivity contribution in [1.82, 2.24) is 15.3 Å². The highest BCUT2D eigenvalue weighted by Gasteiger charge is 2.15. The van der Waals surface area contributed by atoms with Gasteiger partial charge in [-0.05, 0) is 49.7 Å². The number of nitrogens with one attached hydrogen (secondary N) is 1. The highest BCUT2D eigenvalue weighted by Crippen LogP contribution is 2.26. The van der Waals surface area contributed by atoms with Crippen LogP contribution in [0.1, 0.15) is 39.3 Å². The normalized spacial score (nSPS) is 10.2. The van der Waals surface area contributed by atoms with Crippen LogP contribution in [0.2, 0.25) is 0 Å². The Morgan fingerprint density at radius 2 is 1.91 bits per heavy atom. The Hall–Kier alpha value is -4.25. The van der Waals surface area contributed by atoms with E-state index in [-0.39, 0.29) is 18.5 Å². The molecule has 8 heteroatoms. The van der Waals surface area contributed by atoms with Gasteiger partial charge in [-0.15, -0.1) is 0 Å². The molecule has 2 heterocycles. The second-order valence-electron chi connectivity index (χ2n) is 7.21. The number of carbonyl (C=O) groups is 2. The van der Waals surface area contributed by atoms with Crippen LogP contribution in [0.3, 0.4) is 0 Å². The average Bonchev–Trinajstić information content (AvgIpc) is 2.78. The van der Waals surface area contributed by atoms with Crippen LogP contribution in [0.5, 0.6) is 0 Å². The minimum absolute atomic E-state index is 0.00324. The zero-order valence-electron chi connectivity index (χ0n) is 18.5. The molecule has 0 aliphatic heterocycles. The Balaban J connectivity index is 1.89. The van der Waals surface area contributed by atoms with Gasteiger partial charge >= 0.3 is 5.97 Å². The molecule has 0 fully saturated rings. The maximum atomic E-state index is 14.8. The van der Waals surface area contributed by atoms with E-state index in [9.17, 15) is 14.0 Å². The number of aryl methyl sites for hydroxylation is 2. The first-order valence-electron chi connectivity index (χ1n) is 10.2. The van der Waals surface area contributed by atoms with Gasteiger partial charge in [0, 0.05) is 23.9 Å². The van der Waals surface area contributed by atoms with Gasteiger partial charge in [-0.25, -0.2) is 9.37 Å². The number of halogens is 1. The third-order valence-corrected chi connectivity index (χ3v) is 4.94. The summed E-state index contributed by atoms with van der Waals surface area (Å²) < 4.78 is 19.3. The molecular formula is C25H23FN4O3. The van der Waals surface area contributed by atoms with Gasteiger partial charge in [0.1, 0.15) is 11.6 Å². The van der Waals surface area contributed by atoms with Crippen LogP contribution < -0.4 is 11.1 Å². The van der Waals surface area contributed by atoms with Gasteiger partial charge in [-0.3, -0.25) is 14.6 Å². The molecule has 3 aromatic rings. The number of methoxy groups -OCH3 is 1. The lowest BCUT2D eigenvalue weighted by atomic mass is 9.98. The third-order valence-electron chi connectivity index (χ3n) is 4.94. The van der Waals surface area contributed by atoms with Crippen LogP contribution in [-0.2, 0) is 9.53 Å². The van der Waals surface area contributed by atoms with Crippen molar-refractivity contribution in [2.45, 2.75) is 20.3 Å². The van der Waals surface area contributed by atoms with Gasteiger partial charge < -0.3 is 15.8 Å². The predicted molar refractivity (Wildman–Crippen MR) is 123 cm³/mol. The SMILES string of the molecule is COC(=O)CCNC(=O)c1ccc(-c2ccnc(C)c2C#Cc2ccc(N)nc2C)cc1F. The van der Waals surface area contributed by atoms with Crippen molar-refractivity contribution < 1.29 is 18.7 Å². The molecule has 0 atom stereocenters. The fourth-order valence-corrected chi connectivity index (χ4v) is 3.15. The van der Waals surface area contributed by atoms with Gasteiger partial charge in [0.05, 0.1) is 36.0 Å². The van der Waals surface area contributed by atoms with E-state index in [4.69, 9.17) is 5.73 Å².